The summed E-state index contributed by atoms with van der Waals surface area (Å²) in [5.74, 6) is -0.342. The molecule has 0 aliphatic carbocycles. The average molecular weight is 885 g/mol. The van der Waals surface area contributed by atoms with Gasteiger partial charge in [-0.05, 0) is 70.6 Å². The molecular formula is C53H93N2O6P. The maximum absolute atomic E-state index is 12.8. The molecule has 356 valence electrons. The smallest absolute Gasteiger partial charge is 0.268 e. The van der Waals surface area contributed by atoms with Gasteiger partial charge in [-0.1, -0.05) is 201 Å². The lowest BCUT2D eigenvalue weighted by Gasteiger charge is -2.29. The minimum atomic E-state index is -4.63. The number of nitrogens with one attached hydrogen (secondary N) is 1. The molecule has 1 amide bonds. The lowest BCUT2D eigenvalue weighted by Crippen LogP contribution is -2.45. The van der Waals surface area contributed by atoms with E-state index in [4.69, 9.17) is 9.05 Å². The highest BCUT2D eigenvalue weighted by atomic mass is 31.2. The van der Waals surface area contributed by atoms with E-state index >= 15 is 0 Å². The molecule has 0 aromatic carbocycles. The molecule has 0 aromatic rings. The highest BCUT2D eigenvalue weighted by molar-refractivity contribution is 7.45. The van der Waals surface area contributed by atoms with Crippen LogP contribution in [0.25, 0.3) is 0 Å². The fourth-order valence-corrected chi connectivity index (χ4v) is 7.15. The first-order chi connectivity index (χ1) is 30.0. The first-order valence-electron chi connectivity index (χ1n) is 24.6. The Balaban J connectivity index is 4.49. The Kier molecular flexibility index (Phi) is 41.8. The van der Waals surface area contributed by atoms with E-state index in [2.05, 4.69) is 92.1 Å². The molecule has 0 bridgehead atoms. The number of hydrogen-bond donors (Lipinski definition) is 2. The third-order valence-electron chi connectivity index (χ3n) is 10.3. The van der Waals surface area contributed by atoms with Crippen LogP contribution in [0, 0.1) is 0 Å². The average Bonchev–Trinajstić information content (AvgIpc) is 3.23. The van der Waals surface area contributed by atoms with Crippen LogP contribution in [0.4, 0.5) is 0 Å². The van der Waals surface area contributed by atoms with Crippen molar-refractivity contribution in [3.63, 3.8) is 0 Å². The standard InChI is InChI=1S/C53H93N2O6P/c1-6-8-10-12-14-16-18-20-22-23-24-25-26-27-28-29-30-31-33-34-36-38-40-42-44-46-52(56)51(50-61-62(58,59)60-49-48-55(3,4)5)54-53(57)47-45-43-41-39-37-35-32-21-19-17-15-13-11-9-7-2/h9,11,15,17,21,30-32,36-39,43-46,51-52,56H,6-8,10,12-14,16,18-20,22-29,33-35,40-42,47-50H2,1-5H3,(H-,54,57,58,59)/b11-9-,17-15-,31-30+,32-21-,38-36+,39-37-,45-43-,46-44+. The molecule has 0 fully saturated rings. The van der Waals surface area contributed by atoms with E-state index in [1.54, 1.807) is 12.2 Å². The van der Waals surface area contributed by atoms with Crippen LogP contribution in [-0.2, 0) is 18.4 Å². The van der Waals surface area contributed by atoms with Crippen LogP contribution in [0.15, 0.2) is 97.2 Å². The number of nitrogens with zero attached hydrogens (tertiary/aromatic N) is 1. The van der Waals surface area contributed by atoms with Crippen LogP contribution in [0.1, 0.15) is 181 Å². The van der Waals surface area contributed by atoms with Gasteiger partial charge in [-0.2, -0.15) is 0 Å². The van der Waals surface area contributed by atoms with Crippen LogP contribution in [0.3, 0.4) is 0 Å². The van der Waals surface area contributed by atoms with E-state index in [0.717, 1.165) is 44.9 Å². The second-order valence-electron chi connectivity index (χ2n) is 17.4. The molecule has 0 radical (unpaired) electrons. The van der Waals surface area contributed by atoms with Crippen molar-refractivity contribution >= 4 is 13.7 Å². The van der Waals surface area contributed by atoms with Crippen molar-refractivity contribution in [2.45, 2.75) is 193 Å². The Labute approximate surface area is 381 Å². The highest BCUT2D eigenvalue weighted by Crippen LogP contribution is 2.38. The van der Waals surface area contributed by atoms with Crippen molar-refractivity contribution in [2.75, 3.05) is 40.9 Å². The van der Waals surface area contributed by atoms with E-state index < -0.39 is 26.6 Å². The van der Waals surface area contributed by atoms with Crippen LogP contribution in [-0.4, -0.2) is 68.5 Å². The monoisotopic (exact) mass is 885 g/mol. The van der Waals surface area contributed by atoms with Gasteiger partial charge >= 0.3 is 0 Å². The summed E-state index contributed by atoms with van der Waals surface area (Å²) in [5, 5.41) is 13.7. The molecule has 3 unspecified atom stereocenters. The number of carbonyl (C=O) groups is 1. The number of aliphatic hydroxyl groups is 1. The molecular weight excluding hydrogens is 792 g/mol. The predicted octanol–water partition coefficient (Wildman–Crippen LogP) is 13.7. The van der Waals surface area contributed by atoms with Gasteiger partial charge in [-0.3, -0.25) is 9.36 Å². The van der Waals surface area contributed by atoms with Crippen LogP contribution in [0.5, 0.6) is 0 Å². The van der Waals surface area contributed by atoms with Gasteiger partial charge in [0, 0.05) is 6.42 Å². The maximum atomic E-state index is 12.8. The second kappa shape index (κ2) is 43.7. The number of phosphoric ester groups is 1. The number of unbranched alkanes of at least 4 members (excludes halogenated alkanes) is 17. The number of amides is 1. The van der Waals surface area contributed by atoms with Crippen LogP contribution in [0.2, 0.25) is 0 Å². The predicted molar refractivity (Wildman–Crippen MR) is 265 cm³/mol. The van der Waals surface area contributed by atoms with Crippen molar-refractivity contribution in [1.82, 2.24) is 5.32 Å². The van der Waals surface area contributed by atoms with E-state index in [1.165, 1.54) is 103 Å². The molecule has 0 rings (SSSR count). The number of quaternary nitrogens is 1. The Morgan fingerprint density at radius 1 is 0.581 bits per heavy atom. The summed E-state index contributed by atoms with van der Waals surface area (Å²) in [5.41, 5.74) is 0. The van der Waals surface area contributed by atoms with Crippen LogP contribution >= 0.6 is 7.82 Å². The van der Waals surface area contributed by atoms with Crippen LogP contribution < -0.4 is 10.2 Å². The van der Waals surface area contributed by atoms with Crippen molar-refractivity contribution < 1.29 is 32.9 Å². The SMILES string of the molecule is CC/C=C\C/C=C\C/C=C\C/C=C\C/C=C\CC(=O)NC(COP(=O)([O-])OCC[N+](C)(C)C)C(O)/C=C/CC/C=C/CC/C=C/CCCCCCCCCCCCCCCCC. The summed E-state index contributed by atoms with van der Waals surface area (Å²) < 4.78 is 23.1. The number of phosphoric acid groups is 1. The van der Waals surface area contributed by atoms with Crippen molar-refractivity contribution in [1.29, 1.82) is 0 Å². The largest absolute Gasteiger partial charge is 0.756 e. The quantitative estimate of drug-likeness (QED) is 0.0273. The number of likely N-dealkylation sites (N-methyl/N-ethyl adjacent to an activating group) is 1. The zero-order chi connectivity index (χ0) is 45.7. The Morgan fingerprint density at radius 2 is 1.00 bits per heavy atom. The van der Waals surface area contributed by atoms with Gasteiger partial charge in [-0.25, -0.2) is 0 Å². The maximum Gasteiger partial charge on any atom is 0.268 e. The first kappa shape index (κ1) is 59.4. The molecule has 0 aromatic heterocycles. The third-order valence-corrected chi connectivity index (χ3v) is 11.2. The zero-order valence-electron chi connectivity index (χ0n) is 40.3. The molecule has 0 saturated heterocycles. The van der Waals surface area contributed by atoms with E-state index in [1.807, 2.05) is 33.3 Å². The second-order valence-corrected chi connectivity index (χ2v) is 18.8. The van der Waals surface area contributed by atoms with Crippen molar-refractivity contribution in [3.05, 3.63) is 97.2 Å². The number of carbonyl (C=O) groups excluding carboxylic acids is 1. The molecule has 3 atom stereocenters. The third kappa shape index (κ3) is 45.4. The van der Waals surface area contributed by atoms with Gasteiger partial charge in [0.25, 0.3) is 7.82 Å². The molecule has 8 nitrogen and oxygen atoms in total. The Bertz CT molecular complexity index is 1330. The zero-order valence-corrected chi connectivity index (χ0v) is 41.2. The topological polar surface area (TPSA) is 108 Å². The number of hydrogen-bond acceptors (Lipinski definition) is 6. The molecule has 0 spiro atoms. The fraction of sp³-hybridized carbons (Fsp3) is 0.679. The lowest BCUT2D eigenvalue weighted by molar-refractivity contribution is -0.870. The summed E-state index contributed by atoms with van der Waals surface area (Å²) in [4.78, 5) is 25.3. The highest BCUT2D eigenvalue weighted by Gasteiger charge is 2.23. The number of aliphatic hydroxyl groups excluding tert-OH is 1. The first-order valence-corrected chi connectivity index (χ1v) is 26.1. The number of allylic oxidation sites excluding steroid dienone is 14. The van der Waals surface area contributed by atoms with E-state index in [9.17, 15) is 19.4 Å². The molecule has 0 aliphatic heterocycles. The van der Waals surface area contributed by atoms with Gasteiger partial charge in [0.1, 0.15) is 13.2 Å². The van der Waals surface area contributed by atoms with Crippen molar-refractivity contribution in [3.8, 4) is 0 Å². The van der Waals surface area contributed by atoms with Crippen molar-refractivity contribution in [2.24, 2.45) is 0 Å². The summed E-state index contributed by atoms with van der Waals surface area (Å²) in [6, 6.07) is -0.970. The number of rotatable bonds is 43. The van der Waals surface area contributed by atoms with Gasteiger partial charge in [-0.15, -0.1) is 0 Å². The molecule has 0 heterocycles. The van der Waals surface area contributed by atoms with Gasteiger partial charge in [0.05, 0.1) is 39.9 Å². The van der Waals surface area contributed by atoms with E-state index in [-0.39, 0.29) is 18.9 Å². The lowest BCUT2D eigenvalue weighted by atomic mass is 10.0. The molecule has 9 heteroatoms. The summed E-state index contributed by atoms with van der Waals surface area (Å²) in [7, 11) is 1.16. The molecule has 0 saturated carbocycles. The Morgan fingerprint density at radius 3 is 1.47 bits per heavy atom. The molecule has 2 N–H and O–H groups in total. The molecule has 0 aliphatic rings. The van der Waals surface area contributed by atoms with E-state index in [0.29, 0.717) is 23.9 Å². The fourth-order valence-electron chi connectivity index (χ4n) is 6.43. The summed E-state index contributed by atoms with van der Waals surface area (Å²) >= 11 is 0. The van der Waals surface area contributed by atoms with Gasteiger partial charge < -0.3 is 28.8 Å². The van der Waals surface area contributed by atoms with Gasteiger partial charge in [0.15, 0.2) is 0 Å². The summed E-state index contributed by atoms with van der Waals surface area (Å²) in [6.45, 7) is 4.41. The minimum Gasteiger partial charge on any atom is -0.756 e. The Hall–Kier alpha value is -2.58. The summed E-state index contributed by atoms with van der Waals surface area (Å²) in [6.07, 6.45) is 62.3. The minimum absolute atomic E-state index is 0.0306. The molecule has 62 heavy (non-hydrogen) atoms. The van der Waals surface area contributed by atoms with Gasteiger partial charge in [0.2, 0.25) is 5.91 Å². The normalized spacial score (nSPS) is 15.0.